The first kappa shape index (κ1) is 63.3. The van der Waals surface area contributed by atoms with E-state index in [0.29, 0.717) is 0 Å². The third-order valence-electron chi connectivity index (χ3n) is 0.614. The summed E-state index contributed by atoms with van der Waals surface area (Å²) in [7, 11) is -5.83. The molecule has 0 radical (unpaired) electrons. The van der Waals surface area contributed by atoms with Gasteiger partial charge in [0.25, 0.3) is 0 Å². The monoisotopic (exact) mass is 412 g/mol. The zero-order chi connectivity index (χ0) is 20.3. The maximum atomic E-state index is 10.5. The standard InChI is InChI=1S/2C2F2O4.2BO3.6Li/c2*3-7-1(5)2(6)8-4;2*2-1(3)4;;;;;;/q;;2*-3;6*+1. The van der Waals surface area contributed by atoms with Crippen LogP contribution in [0.5, 0.6) is 0 Å². The van der Waals surface area contributed by atoms with E-state index in [4.69, 9.17) is 30.1 Å². The van der Waals surface area contributed by atoms with Crippen LogP contribution in [0.1, 0.15) is 0 Å². The van der Waals surface area contributed by atoms with Gasteiger partial charge in [-0.15, -0.1) is 0 Å². The summed E-state index contributed by atoms with van der Waals surface area (Å²) in [6.45, 7) is 0. The summed E-state index contributed by atoms with van der Waals surface area (Å²) in [5.41, 5.74) is 0. The smallest absolute Gasteiger partial charge is 0.907 e. The number of halogens is 4. The summed E-state index contributed by atoms with van der Waals surface area (Å²) in [5, 5.41) is 50.5. The fourth-order valence-corrected chi connectivity index (χ4v) is 0.126. The van der Waals surface area contributed by atoms with Gasteiger partial charge in [0.2, 0.25) is 0 Å². The van der Waals surface area contributed by atoms with E-state index >= 15 is 0 Å². The number of hydrogen-bond acceptors (Lipinski definition) is 14. The minimum Gasteiger partial charge on any atom is -0.907 e. The van der Waals surface area contributed by atoms with Gasteiger partial charge >= 0.3 is 137 Å². The first-order valence-electron chi connectivity index (χ1n) is 4.16. The summed E-state index contributed by atoms with van der Waals surface area (Å²) in [6, 6.07) is 0. The summed E-state index contributed by atoms with van der Waals surface area (Å²) in [6.07, 6.45) is 0. The molecule has 0 spiro atoms. The topological polar surface area (TPSA) is 244 Å². The average Bonchev–Trinajstić information content (AvgIpc) is 2.51. The van der Waals surface area contributed by atoms with E-state index in [1.54, 1.807) is 0 Å². The van der Waals surface area contributed by atoms with Crippen molar-refractivity contribution in [3.63, 3.8) is 0 Å². The molecule has 0 saturated heterocycles. The van der Waals surface area contributed by atoms with E-state index in [-0.39, 0.29) is 113 Å². The molecular formula is C4B2F4Li6O14. The van der Waals surface area contributed by atoms with Gasteiger partial charge in [-0.2, -0.15) is 0 Å². The molecule has 0 bridgehead atoms. The third-order valence-corrected chi connectivity index (χ3v) is 0.614. The summed E-state index contributed by atoms with van der Waals surface area (Å²) >= 11 is 0. The molecule has 0 saturated carbocycles. The molecule has 0 aromatic heterocycles. The van der Waals surface area contributed by atoms with Gasteiger partial charge < -0.3 is 30.1 Å². The molecule has 0 unspecified atom stereocenters. The molecule has 0 aliphatic heterocycles. The minimum absolute atomic E-state index is 0. The van der Waals surface area contributed by atoms with Crippen LogP contribution in [-0.2, 0) is 38.9 Å². The molecular weight excluding hydrogens is 411 g/mol. The normalized spacial score (nSPS) is 5.93. The molecule has 0 atom stereocenters. The molecule has 14 nitrogen and oxygen atoms in total. The zero-order valence-electron chi connectivity index (χ0n) is 16.4. The fraction of sp³-hybridized carbons (Fsp3) is 0. The van der Waals surface area contributed by atoms with Crippen LogP contribution < -0.4 is 143 Å². The van der Waals surface area contributed by atoms with E-state index < -0.39 is 38.5 Å². The quantitative estimate of drug-likeness (QED) is 0.204. The van der Waals surface area contributed by atoms with Gasteiger partial charge in [0.15, 0.2) is 0 Å². The maximum absolute atomic E-state index is 10.5. The Morgan fingerprint density at radius 3 is 0.533 bits per heavy atom. The van der Waals surface area contributed by atoms with Crippen LogP contribution in [0.2, 0.25) is 0 Å². The Labute approximate surface area is 237 Å². The Kier molecular flexibility index (Phi) is 101. The van der Waals surface area contributed by atoms with Gasteiger partial charge in [0.1, 0.15) is 0 Å². The minimum atomic E-state index is -2.92. The fourth-order valence-electron chi connectivity index (χ4n) is 0.126. The largest absolute Gasteiger partial charge is 1.00 e. The van der Waals surface area contributed by atoms with Crippen LogP contribution in [0.15, 0.2) is 0 Å². The molecule has 26 heteroatoms. The molecule has 0 aromatic carbocycles. The van der Waals surface area contributed by atoms with Crippen LogP contribution in [-0.4, -0.2) is 38.5 Å². The molecule has 30 heavy (non-hydrogen) atoms. The molecule has 0 amide bonds. The second-order valence-corrected chi connectivity index (χ2v) is 2.04. The summed E-state index contributed by atoms with van der Waals surface area (Å²) in [4.78, 5) is 46.7. The van der Waals surface area contributed by atoms with Gasteiger partial charge in [-0.05, 0) is 0 Å². The van der Waals surface area contributed by atoms with E-state index in [2.05, 4.69) is 19.8 Å². The first-order valence-corrected chi connectivity index (χ1v) is 4.16. The Morgan fingerprint density at radius 2 is 0.500 bits per heavy atom. The van der Waals surface area contributed by atoms with E-state index in [9.17, 15) is 37.3 Å². The van der Waals surface area contributed by atoms with Crippen molar-refractivity contribution in [2.45, 2.75) is 0 Å². The predicted molar refractivity (Wildman–Crippen MR) is 40.3 cm³/mol. The van der Waals surface area contributed by atoms with Crippen molar-refractivity contribution in [3.05, 3.63) is 0 Å². The van der Waals surface area contributed by atoms with Crippen LogP contribution in [0, 0.1) is 0 Å². The van der Waals surface area contributed by atoms with Gasteiger partial charge in [0.05, 0.1) is 0 Å². The van der Waals surface area contributed by atoms with Gasteiger partial charge in [0, 0.05) is 18.1 Å². The van der Waals surface area contributed by atoms with Gasteiger partial charge in [-0.1, -0.05) is 0 Å². The molecule has 0 aromatic rings. The molecule has 0 heterocycles. The van der Waals surface area contributed by atoms with Crippen LogP contribution in [0.3, 0.4) is 0 Å². The van der Waals surface area contributed by atoms with E-state index in [0.717, 1.165) is 0 Å². The Morgan fingerprint density at radius 1 is 0.433 bits per heavy atom. The third kappa shape index (κ3) is 78.6. The first-order chi connectivity index (χ1) is 10.9. The number of hydrogen-bond donors (Lipinski definition) is 0. The predicted octanol–water partition coefficient (Wildman–Crippen LogP) is -26.2. The van der Waals surface area contributed by atoms with Crippen molar-refractivity contribution in [2.75, 3.05) is 0 Å². The van der Waals surface area contributed by atoms with Crippen molar-refractivity contribution in [1.82, 2.24) is 0 Å². The second kappa shape index (κ2) is 47.7. The van der Waals surface area contributed by atoms with Gasteiger partial charge in [-0.25, -0.2) is 38.9 Å². The van der Waals surface area contributed by atoms with Crippen molar-refractivity contribution < 1.29 is 200 Å². The molecule has 140 valence electrons. The van der Waals surface area contributed by atoms with E-state index in [1.807, 2.05) is 0 Å². The van der Waals surface area contributed by atoms with E-state index in [1.165, 1.54) is 0 Å². The number of rotatable bonds is 0. The molecule has 0 rings (SSSR count). The Bertz CT molecular complexity index is 319. The van der Waals surface area contributed by atoms with Crippen molar-refractivity contribution >= 4 is 38.5 Å². The second-order valence-electron chi connectivity index (χ2n) is 2.04. The van der Waals surface area contributed by atoms with Crippen LogP contribution in [0.25, 0.3) is 0 Å². The van der Waals surface area contributed by atoms with Crippen molar-refractivity contribution in [2.24, 2.45) is 0 Å². The Balaban J connectivity index is -0.0000000217. The average molecular weight is 411 g/mol. The molecule has 0 aliphatic carbocycles. The zero-order valence-corrected chi connectivity index (χ0v) is 16.4. The molecule has 0 N–H and O–H groups in total. The number of carbonyl (C=O) groups is 4. The summed E-state index contributed by atoms with van der Waals surface area (Å²) in [5.74, 6) is -8.08. The van der Waals surface area contributed by atoms with Gasteiger partial charge in [-0.3, -0.25) is 14.6 Å². The van der Waals surface area contributed by atoms with Crippen LogP contribution in [0.4, 0.5) is 18.1 Å². The Hall–Kier alpha value is 1.07. The van der Waals surface area contributed by atoms with Crippen molar-refractivity contribution in [1.29, 1.82) is 0 Å². The molecule has 0 aliphatic rings. The maximum Gasteiger partial charge on any atom is 1.00 e. The molecule has 0 fully saturated rings. The SMILES string of the molecule is O=C(OF)C(=O)OF.O=C(OF)C(=O)OF.[Li+].[Li+].[Li+].[Li+].[Li+].[Li+].[O-]B([O-])[O-].[O-]B([O-])[O-]. The number of carbonyl (C=O) groups excluding carboxylic acids is 4. The van der Waals surface area contributed by atoms with Crippen LogP contribution >= 0.6 is 0 Å². The summed E-state index contributed by atoms with van der Waals surface area (Å²) < 4.78 is 42.0. The van der Waals surface area contributed by atoms with Crippen molar-refractivity contribution in [3.8, 4) is 0 Å².